The van der Waals surface area contributed by atoms with Gasteiger partial charge in [0.05, 0.1) is 7.11 Å². The van der Waals surface area contributed by atoms with Crippen LogP contribution in [0.3, 0.4) is 0 Å². The van der Waals surface area contributed by atoms with E-state index in [1.54, 1.807) is 0 Å². The highest BCUT2D eigenvalue weighted by Gasteiger charge is 2.40. The molecule has 0 saturated heterocycles. The summed E-state index contributed by atoms with van der Waals surface area (Å²) in [5.41, 5.74) is 0. The minimum atomic E-state index is -1.25. The van der Waals surface area contributed by atoms with Crippen LogP contribution in [0.15, 0.2) is 24.3 Å². The molecule has 0 aromatic carbocycles. The van der Waals surface area contributed by atoms with Gasteiger partial charge in [0.2, 0.25) is 0 Å². The van der Waals surface area contributed by atoms with Crippen molar-refractivity contribution in [2.45, 2.75) is 8.65 Å². The minimum Gasteiger partial charge on any atom is -0.480 e. The van der Waals surface area contributed by atoms with Gasteiger partial charge in [-0.3, -0.25) is 4.79 Å². The SMILES string of the molecule is COC(=O)C1(Br)C=CC(Br)(C(=O)O)C=C1. The molecule has 6 heteroatoms. The van der Waals surface area contributed by atoms with Crippen molar-refractivity contribution < 1.29 is 19.4 Å². The Morgan fingerprint density at radius 3 is 1.87 bits per heavy atom. The van der Waals surface area contributed by atoms with E-state index in [1.165, 1.54) is 31.4 Å². The van der Waals surface area contributed by atoms with Crippen LogP contribution in [0.2, 0.25) is 0 Å². The van der Waals surface area contributed by atoms with Crippen molar-refractivity contribution in [2.75, 3.05) is 7.11 Å². The van der Waals surface area contributed by atoms with Gasteiger partial charge < -0.3 is 9.84 Å². The number of hydrogen-bond acceptors (Lipinski definition) is 3. The van der Waals surface area contributed by atoms with E-state index < -0.39 is 20.6 Å². The second-order valence-corrected chi connectivity index (χ2v) is 5.62. The maximum atomic E-state index is 11.3. The predicted octanol–water partition coefficient (Wildman–Crippen LogP) is 1.64. The van der Waals surface area contributed by atoms with Gasteiger partial charge in [0.25, 0.3) is 0 Å². The van der Waals surface area contributed by atoms with Gasteiger partial charge in [-0.1, -0.05) is 56.2 Å². The molecule has 0 aromatic rings. The molecule has 15 heavy (non-hydrogen) atoms. The number of carboxylic acid groups (broad SMARTS) is 1. The number of ether oxygens (including phenoxy) is 1. The number of hydrogen-bond donors (Lipinski definition) is 1. The normalized spacial score (nSPS) is 33.8. The summed E-state index contributed by atoms with van der Waals surface area (Å²) in [4.78, 5) is 22.2. The molecule has 0 aromatic heterocycles. The molecule has 0 spiro atoms. The van der Waals surface area contributed by atoms with Crippen molar-refractivity contribution in [3.8, 4) is 0 Å². The first kappa shape index (κ1) is 12.4. The quantitative estimate of drug-likeness (QED) is 0.472. The van der Waals surface area contributed by atoms with Gasteiger partial charge >= 0.3 is 11.9 Å². The fourth-order valence-corrected chi connectivity index (χ4v) is 1.72. The van der Waals surface area contributed by atoms with E-state index in [9.17, 15) is 9.59 Å². The fraction of sp³-hybridized carbons (Fsp3) is 0.333. The summed E-state index contributed by atoms with van der Waals surface area (Å²) >= 11 is 6.20. The van der Waals surface area contributed by atoms with Crippen LogP contribution >= 0.6 is 31.9 Å². The molecule has 0 saturated carbocycles. The van der Waals surface area contributed by atoms with E-state index in [-0.39, 0.29) is 0 Å². The zero-order valence-corrected chi connectivity index (χ0v) is 10.9. The molecule has 0 bridgehead atoms. The number of halogens is 2. The van der Waals surface area contributed by atoms with E-state index >= 15 is 0 Å². The van der Waals surface area contributed by atoms with E-state index in [1.807, 2.05) is 0 Å². The van der Waals surface area contributed by atoms with Gasteiger partial charge in [0.1, 0.15) is 0 Å². The van der Waals surface area contributed by atoms with Crippen LogP contribution < -0.4 is 0 Å². The van der Waals surface area contributed by atoms with E-state index in [0.29, 0.717) is 0 Å². The van der Waals surface area contributed by atoms with Crippen molar-refractivity contribution in [3.63, 3.8) is 0 Å². The molecule has 82 valence electrons. The summed E-state index contributed by atoms with van der Waals surface area (Å²) < 4.78 is 2.24. The van der Waals surface area contributed by atoms with Crippen LogP contribution in [0.4, 0.5) is 0 Å². The molecule has 1 aliphatic carbocycles. The number of rotatable bonds is 2. The molecular weight excluding hydrogens is 332 g/mol. The highest BCUT2D eigenvalue weighted by Crippen LogP contribution is 2.34. The molecule has 0 unspecified atom stereocenters. The first-order chi connectivity index (χ1) is 6.84. The Bertz CT molecular complexity index is 345. The maximum absolute atomic E-state index is 11.3. The van der Waals surface area contributed by atoms with Gasteiger partial charge in [-0.25, -0.2) is 4.79 Å². The lowest BCUT2D eigenvalue weighted by atomic mass is 9.96. The van der Waals surface area contributed by atoms with E-state index in [2.05, 4.69) is 36.6 Å². The largest absolute Gasteiger partial charge is 0.480 e. The summed E-state index contributed by atoms with van der Waals surface area (Å²) in [5.74, 6) is -1.55. The van der Waals surface area contributed by atoms with Crippen LogP contribution in [-0.4, -0.2) is 32.8 Å². The Balaban J connectivity index is 2.98. The van der Waals surface area contributed by atoms with Crippen molar-refractivity contribution in [2.24, 2.45) is 0 Å². The third-order valence-electron chi connectivity index (χ3n) is 1.96. The van der Waals surface area contributed by atoms with Crippen LogP contribution in [0.25, 0.3) is 0 Å². The Kier molecular flexibility index (Phi) is 3.40. The van der Waals surface area contributed by atoms with Gasteiger partial charge in [0.15, 0.2) is 8.65 Å². The molecule has 0 amide bonds. The van der Waals surface area contributed by atoms with Gasteiger partial charge in [-0.2, -0.15) is 0 Å². The minimum absolute atomic E-state index is 0.505. The molecule has 0 aliphatic heterocycles. The third kappa shape index (κ3) is 2.31. The predicted molar refractivity (Wildman–Crippen MR) is 61.2 cm³/mol. The van der Waals surface area contributed by atoms with Crippen molar-refractivity contribution in [1.82, 2.24) is 0 Å². The van der Waals surface area contributed by atoms with Crippen molar-refractivity contribution in [3.05, 3.63) is 24.3 Å². The van der Waals surface area contributed by atoms with Crippen molar-refractivity contribution >= 4 is 43.8 Å². The van der Waals surface area contributed by atoms with Crippen LogP contribution in [0.5, 0.6) is 0 Å². The molecule has 0 heterocycles. The second kappa shape index (κ2) is 4.09. The lowest BCUT2D eigenvalue weighted by Crippen LogP contribution is -2.36. The van der Waals surface area contributed by atoms with Gasteiger partial charge in [0, 0.05) is 0 Å². The summed E-state index contributed by atoms with van der Waals surface area (Å²) in [7, 11) is 1.26. The summed E-state index contributed by atoms with van der Waals surface area (Å²) in [5, 5.41) is 8.88. The number of carbonyl (C=O) groups is 2. The molecular formula is C9H8Br2O4. The summed E-state index contributed by atoms with van der Waals surface area (Å²) in [6, 6.07) is 0. The summed E-state index contributed by atoms with van der Waals surface area (Å²) in [6.07, 6.45) is 5.62. The lowest BCUT2D eigenvalue weighted by Gasteiger charge is -2.25. The molecule has 0 radical (unpaired) electrons. The average Bonchev–Trinajstić information content (AvgIpc) is 2.21. The third-order valence-corrected chi connectivity index (χ3v) is 3.68. The first-order valence-electron chi connectivity index (χ1n) is 3.94. The average molecular weight is 340 g/mol. The topological polar surface area (TPSA) is 63.6 Å². The highest BCUT2D eigenvalue weighted by molar-refractivity contribution is 9.10. The Labute approximate surface area is 103 Å². The summed E-state index contributed by atoms with van der Waals surface area (Å²) in [6.45, 7) is 0. The Morgan fingerprint density at radius 2 is 1.53 bits per heavy atom. The van der Waals surface area contributed by atoms with Gasteiger partial charge in [-0.05, 0) is 0 Å². The van der Waals surface area contributed by atoms with Crippen molar-refractivity contribution in [1.29, 1.82) is 0 Å². The van der Waals surface area contributed by atoms with Crippen LogP contribution in [0, 0.1) is 0 Å². The number of esters is 1. The molecule has 1 rings (SSSR count). The second-order valence-electron chi connectivity index (χ2n) is 3.00. The van der Waals surface area contributed by atoms with E-state index in [0.717, 1.165) is 0 Å². The maximum Gasteiger partial charge on any atom is 0.330 e. The zero-order chi connectivity index (χ0) is 11.7. The standard InChI is InChI=1S/C9H8Br2O4/c1-15-7(14)9(11)4-2-8(10,3-5-9)6(12)13/h2-5H,1H3,(H,12,13). The van der Waals surface area contributed by atoms with E-state index in [4.69, 9.17) is 5.11 Å². The van der Waals surface area contributed by atoms with Crippen LogP contribution in [-0.2, 0) is 14.3 Å². The first-order valence-corrected chi connectivity index (χ1v) is 5.53. The Morgan fingerprint density at radius 1 is 1.13 bits per heavy atom. The number of aliphatic carboxylic acids is 1. The molecule has 4 nitrogen and oxygen atoms in total. The van der Waals surface area contributed by atoms with Crippen LogP contribution in [0.1, 0.15) is 0 Å². The van der Waals surface area contributed by atoms with Gasteiger partial charge in [-0.15, -0.1) is 0 Å². The smallest absolute Gasteiger partial charge is 0.330 e. The fourth-order valence-electron chi connectivity index (χ4n) is 1.03. The number of methoxy groups -OCH3 is 1. The Hall–Kier alpha value is -0.620. The number of carbonyl (C=O) groups excluding carboxylic acids is 1. The molecule has 0 fully saturated rings. The zero-order valence-electron chi connectivity index (χ0n) is 7.74. The number of alkyl halides is 2. The lowest BCUT2D eigenvalue weighted by molar-refractivity contribution is -0.141. The molecule has 1 N–H and O–H groups in total. The monoisotopic (exact) mass is 338 g/mol. The number of carboxylic acids is 1. The molecule has 1 aliphatic rings. The molecule has 0 atom stereocenters. The highest BCUT2D eigenvalue weighted by atomic mass is 79.9.